The fourth-order valence-electron chi connectivity index (χ4n) is 11.9. The number of aliphatic hydroxyl groups is 2. The normalized spacial score (nSPS) is 41.2. The molecule has 3 N–H and O–H groups in total. The molecule has 7 aliphatic rings. The summed E-state index contributed by atoms with van der Waals surface area (Å²) in [6.07, 6.45) is 10.7. The second kappa shape index (κ2) is 15.9. The molecule has 0 radical (unpaired) electrons. The third kappa shape index (κ3) is 8.47. The zero-order valence-electron chi connectivity index (χ0n) is 32.3. The molecule has 314 valence electrons. The number of rotatable bonds is 12. The third-order valence-electron chi connectivity index (χ3n) is 14.6. The molecule has 56 heavy (non-hydrogen) atoms. The minimum Gasteiger partial charge on any atom is -0.465 e. The lowest BCUT2D eigenvalue weighted by molar-refractivity contribution is -0.275. The number of hydrogen-bond donors (Lipinski definition) is 3. The van der Waals surface area contributed by atoms with Gasteiger partial charge in [0.1, 0.15) is 25.3 Å². The van der Waals surface area contributed by atoms with E-state index < -0.39 is 62.2 Å². The lowest BCUT2D eigenvalue weighted by Crippen LogP contribution is -2.54. The maximum absolute atomic E-state index is 13.9. The first-order valence-corrected chi connectivity index (χ1v) is 22.0. The van der Waals surface area contributed by atoms with Gasteiger partial charge >= 0.3 is 33.1 Å². The van der Waals surface area contributed by atoms with Gasteiger partial charge in [-0.3, -0.25) is 23.7 Å². The molecule has 6 saturated carbocycles. The highest BCUT2D eigenvalue weighted by Crippen LogP contribution is 2.54. The second-order valence-electron chi connectivity index (χ2n) is 19.0. The van der Waals surface area contributed by atoms with Gasteiger partial charge in [0.2, 0.25) is 0 Å². The van der Waals surface area contributed by atoms with Crippen LogP contribution in [0.1, 0.15) is 110 Å². The minimum absolute atomic E-state index is 0.00191. The maximum atomic E-state index is 13.9. The molecule has 6 bridgehead atoms. The van der Waals surface area contributed by atoms with Crippen molar-refractivity contribution in [3.05, 3.63) is 0 Å². The van der Waals surface area contributed by atoms with E-state index >= 15 is 0 Å². The Hall–Kier alpha value is -2.50. The molecule has 0 spiro atoms. The van der Waals surface area contributed by atoms with Gasteiger partial charge in [0, 0.05) is 23.7 Å². The molecule has 1 heterocycles. The van der Waals surface area contributed by atoms with E-state index in [-0.39, 0.29) is 86.0 Å². The lowest BCUT2D eigenvalue weighted by atomic mass is 9.58. The number of carbonyl (C=O) groups excluding carboxylic acids is 5. The van der Waals surface area contributed by atoms with Gasteiger partial charge in [-0.2, -0.15) is 8.42 Å². The van der Waals surface area contributed by atoms with Gasteiger partial charge in [0.15, 0.2) is 12.9 Å². The fraction of sp³-hybridized carbons (Fsp3) is 0.875. The first-order chi connectivity index (χ1) is 26.4. The largest absolute Gasteiger partial charge is 0.465 e. The van der Waals surface area contributed by atoms with Crippen LogP contribution < -0.4 is 0 Å². The van der Waals surface area contributed by atoms with Crippen LogP contribution >= 0.6 is 0 Å². The van der Waals surface area contributed by atoms with E-state index in [4.69, 9.17) is 28.2 Å². The average Bonchev–Trinajstić information content (AvgIpc) is 3.16. The quantitative estimate of drug-likeness (QED) is 0.0843. The number of carbonyl (C=O) groups is 5. The van der Waals surface area contributed by atoms with Crippen molar-refractivity contribution in [2.24, 2.45) is 63.6 Å². The van der Waals surface area contributed by atoms with Crippen molar-refractivity contribution in [1.29, 1.82) is 0 Å². The molecule has 7 rings (SSSR count). The number of esters is 3. The zero-order valence-corrected chi connectivity index (χ0v) is 33.1. The molecule has 16 heteroatoms. The van der Waals surface area contributed by atoms with Crippen LogP contribution in [0.15, 0.2) is 0 Å². The molecule has 10 atom stereocenters. The molecule has 1 aliphatic heterocycles. The topological polar surface area (TPSA) is 226 Å². The summed E-state index contributed by atoms with van der Waals surface area (Å²) in [5.41, 5.74) is -2.85. The third-order valence-corrected chi connectivity index (χ3v) is 15.5. The number of hydrogen-bond acceptors (Lipinski definition) is 14. The Kier molecular flexibility index (Phi) is 11.8. The summed E-state index contributed by atoms with van der Waals surface area (Å²) in [7, 11) is -5.34. The predicted molar refractivity (Wildman–Crippen MR) is 193 cm³/mol. The number of aldehydes is 1. The van der Waals surface area contributed by atoms with Crippen LogP contribution in [0.25, 0.3) is 0 Å². The molecular formula is C40H58O15S. The van der Waals surface area contributed by atoms with Crippen LogP contribution in [0.3, 0.4) is 0 Å². The van der Waals surface area contributed by atoms with E-state index in [1.54, 1.807) is 0 Å². The van der Waals surface area contributed by atoms with Gasteiger partial charge in [-0.25, -0.2) is 0 Å². The number of ether oxygens (including phenoxy) is 5. The summed E-state index contributed by atoms with van der Waals surface area (Å²) in [6.45, 7) is 0.347. The molecule has 0 aromatic heterocycles. The zero-order chi connectivity index (χ0) is 40.1. The van der Waals surface area contributed by atoms with Gasteiger partial charge in [0.05, 0.1) is 35.4 Å². The van der Waals surface area contributed by atoms with Crippen molar-refractivity contribution in [3.63, 3.8) is 0 Å². The molecule has 15 nitrogen and oxygen atoms in total. The summed E-state index contributed by atoms with van der Waals surface area (Å²) in [5, 5.41) is 15.9. The summed E-state index contributed by atoms with van der Waals surface area (Å²) in [5.74, 6) is -1.72. The van der Waals surface area contributed by atoms with E-state index in [0.29, 0.717) is 57.8 Å². The van der Waals surface area contributed by atoms with Crippen LogP contribution in [-0.4, -0.2) is 97.6 Å². The van der Waals surface area contributed by atoms with Crippen LogP contribution in [0.4, 0.5) is 0 Å². The van der Waals surface area contributed by atoms with Crippen LogP contribution in [0.5, 0.6) is 0 Å². The first kappa shape index (κ1) is 41.7. The molecule has 7 fully saturated rings. The van der Waals surface area contributed by atoms with Gasteiger partial charge in [-0.15, -0.1) is 0 Å². The van der Waals surface area contributed by atoms with E-state index in [1.807, 2.05) is 6.92 Å². The number of ketones is 1. The van der Waals surface area contributed by atoms with Crippen molar-refractivity contribution >= 4 is 40.1 Å². The van der Waals surface area contributed by atoms with E-state index in [2.05, 4.69) is 0 Å². The average molecular weight is 811 g/mol. The van der Waals surface area contributed by atoms with Crippen LogP contribution in [0.2, 0.25) is 0 Å². The van der Waals surface area contributed by atoms with Crippen molar-refractivity contribution < 1.29 is 70.8 Å². The standard InChI is InChI=1S/C40H58O15S/c1-24-8-27-11-29(32(24)42)13-30(12-27)33(43)51-19-37(22-54-35(44)38-6-2-4-25(14-38)9-28(16-38)18-41)20-52-34(53-21-37)31-10-26-5-3-7-39(15-26,17-31)36(45)55-23-40(46,47)56(48,49)50/h18,24-31,34,46-47H,2-17,19-23H2,1H3,(H,48,49,50). The Morgan fingerprint density at radius 2 is 1.45 bits per heavy atom. The molecule has 1 saturated heterocycles. The van der Waals surface area contributed by atoms with Crippen molar-refractivity contribution in [3.8, 4) is 0 Å². The molecule has 0 amide bonds. The lowest BCUT2D eigenvalue weighted by Gasteiger charge is -2.50. The summed E-state index contributed by atoms with van der Waals surface area (Å²) in [6, 6.07) is 0. The van der Waals surface area contributed by atoms with Gasteiger partial charge in [0.25, 0.3) is 0 Å². The second-order valence-corrected chi connectivity index (χ2v) is 20.6. The van der Waals surface area contributed by atoms with Crippen LogP contribution in [0, 0.1) is 63.6 Å². The summed E-state index contributed by atoms with van der Waals surface area (Å²) < 4.78 is 61.9. The Morgan fingerprint density at radius 3 is 2.11 bits per heavy atom. The Balaban J connectivity index is 1.03. The van der Waals surface area contributed by atoms with E-state index in [1.165, 1.54) is 0 Å². The fourth-order valence-corrected chi connectivity index (χ4v) is 12.1. The highest BCUT2D eigenvalue weighted by atomic mass is 32.2. The smallest absolute Gasteiger partial charge is 0.330 e. The molecule has 0 aromatic rings. The van der Waals surface area contributed by atoms with E-state index in [0.717, 1.165) is 44.8 Å². The highest BCUT2D eigenvalue weighted by Gasteiger charge is 2.55. The Morgan fingerprint density at radius 1 is 0.821 bits per heavy atom. The van der Waals surface area contributed by atoms with E-state index in [9.17, 15) is 42.6 Å². The summed E-state index contributed by atoms with van der Waals surface area (Å²) >= 11 is 0. The molecule has 0 aromatic carbocycles. The molecular weight excluding hydrogens is 752 g/mol. The van der Waals surface area contributed by atoms with Crippen molar-refractivity contribution in [1.82, 2.24) is 0 Å². The predicted octanol–water partition coefficient (Wildman–Crippen LogP) is 3.52. The molecule has 10 unspecified atom stereocenters. The highest BCUT2D eigenvalue weighted by molar-refractivity contribution is 7.86. The number of fused-ring (bicyclic) bond motifs is 6. The van der Waals surface area contributed by atoms with Crippen molar-refractivity contribution in [2.45, 2.75) is 121 Å². The SMILES string of the molecule is CC1CC2CC(C(=O)OCC3(COC(=O)C45CCCC(CC(C=O)C4)C5)COC(C4CC5CCCC(C(=O)OCC(O)(O)S(=O)(=O)O)(C5)C4)OC3)CC(C2)C1=O. The number of Topliss-reactive ketones (excluding diaryl/α,β-unsaturated/α-hetero) is 1. The van der Waals surface area contributed by atoms with Gasteiger partial charge in [-0.1, -0.05) is 32.6 Å². The first-order valence-electron chi connectivity index (χ1n) is 20.6. The summed E-state index contributed by atoms with van der Waals surface area (Å²) in [4.78, 5) is 65.7. The van der Waals surface area contributed by atoms with Crippen LogP contribution in [-0.2, 0) is 57.8 Å². The Labute approximate surface area is 328 Å². The van der Waals surface area contributed by atoms with Gasteiger partial charge < -0.3 is 38.7 Å². The van der Waals surface area contributed by atoms with Gasteiger partial charge in [-0.05, 0) is 94.8 Å². The minimum atomic E-state index is -5.34. The Bertz CT molecular complexity index is 1630. The van der Waals surface area contributed by atoms with Crippen molar-refractivity contribution in [2.75, 3.05) is 33.0 Å². The molecule has 6 aliphatic carbocycles. The monoisotopic (exact) mass is 810 g/mol. The maximum Gasteiger partial charge on any atom is 0.330 e.